The Balaban J connectivity index is 2.39. The van der Waals surface area contributed by atoms with Crippen molar-refractivity contribution in [2.24, 2.45) is 5.41 Å². The molecule has 0 aliphatic heterocycles. The Labute approximate surface area is 106 Å². The largest absolute Gasteiger partial charge is 0.462 e. The second-order valence-corrected chi connectivity index (χ2v) is 5.58. The number of H-pyrrole nitrogens is 1. The highest BCUT2D eigenvalue weighted by molar-refractivity contribution is 5.89. The lowest BCUT2D eigenvalue weighted by molar-refractivity contribution is 0.0524. The van der Waals surface area contributed by atoms with Crippen molar-refractivity contribution in [1.29, 1.82) is 0 Å². The van der Waals surface area contributed by atoms with Crippen molar-refractivity contribution in [2.45, 2.75) is 40.0 Å². The molecule has 0 radical (unpaired) electrons. The van der Waals surface area contributed by atoms with Crippen LogP contribution in [-0.4, -0.2) is 17.6 Å². The van der Waals surface area contributed by atoms with E-state index >= 15 is 0 Å². The first-order chi connectivity index (χ1) is 8.43. The smallest absolute Gasteiger partial charge is 0.343 e. The van der Waals surface area contributed by atoms with Gasteiger partial charge in [-0.1, -0.05) is 13.8 Å². The highest BCUT2D eigenvalue weighted by Crippen LogP contribution is 2.33. The number of rotatable bonds is 2. The predicted molar refractivity (Wildman–Crippen MR) is 68.8 cm³/mol. The SMILES string of the molecule is CCOC(=O)c1cc2c([nH]c1=O)CC(C)(C)CC2. The summed E-state index contributed by atoms with van der Waals surface area (Å²) < 4.78 is 4.88. The first kappa shape index (κ1) is 12.9. The zero-order valence-electron chi connectivity index (χ0n) is 11.1. The van der Waals surface area contributed by atoms with Crippen molar-refractivity contribution in [3.63, 3.8) is 0 Å². The summed E-state index contributed by atoms with van der Waals surface area (Å²) in [4.78, 5) is 26.3. The van der Waals surface area contributed by atoms with Gasteiger partial charge in [0.15, 0.2) is 0 Å². The van der Waals surface area contributed by atoms with Gasteiger partial charge in [0.05, 0.1) is 6.61 Å². The van der Waals surface area contributed by atoms with Crippen LogP contribution in [-0.2, 0) is 17.6 Å². The van der Waals surface area contributed by atoms with Crippen LogP contribution in [0.4, 0.5) is 0 Å². The zero-order valence-corrected chi connectivity index (χ0v) is 11.1. The van der Waals surface area contributed by atoms with Crippen LogP contribution in [0.5, 0.6) is 0 Å². The minimum Gasteiger partial charge on any atom is -0.462 e. The molecule has 1 heterocycles. The molecule has 1 aromatic rings. The van der Waals surface area contributed by atoms with Gasteiger partial charge in [-0.05, 0) is 43.2 Å². The number of esters is 1. The van der Waals surface area contributed by atoms with Crippen molar-refractivity contribution in [1.82, 2.24) is 4.98 Å². The molecule has 4 nitrogen and oxygen atoms in total. The molecular formula is C14H19NO3. The lowest BCUT2D eigenvalue weighted by atomic mass is 9.76. The predicted octanol–water partition coefficient (Wildman–Crippen LogP) is 2.07. The van der Waals surface area contributed by atoms with Gasteiger partial charge in [0.1, 0.15) is 5.56 Å². The quantitative estimate of drug-likeness (QED) is 0.816. The first-order valence-corrected chi connectivity index (χ1v) is 6.35. The molecule has 18 heavy (non-hydrogen) atoms. The van der Waals surface area contributed by atoms with Gasteiger partial charge in [0.25, 0.3) is 5.56 Å². The maximum absolute atomic E-state index is 11.9. The van der Waals surface area contributed by atoms with Gasteiger partial charge in [-0.25, -0.2) is 4.79 Å². The van der Waals surface area contributed by atoms with E-state index in [9.17, 15) is 9.59 Å². The minimum atomic E-state index is -0.536. The molecule has 0 saturated carbocycles. The Bertz CT molecular complexity index is 528. The summed E-state index contributed by atoms with van der Waals surface area (Å²) in [5, 5.41) is 0. The van der Waals surface area contributed by atoms with Crippen LogP contribution in [0.15, 0.2) is 10.9 Å². The number of pyridine rings is 1. The molecule has 1 aliphatic carbocycles. The fraction of sp³-hybridized carbons (Fsp3) is 0.571. The monoisotopic (exact) mass is 249 g/mol. The Kier molecular flexibility index (Phi) is 3.28. The zero-order chi connectivity index (χ0) is 13.3. The van der Waals surface area contributed by atoms with Crippen molar-refractivity contribution in [3.05, 3.63) is 33.2 Å². The number of ether oxygens (including phenoxy) is 1. The van der Waals surface area contributed by atoms with E-state index < -0.39 is 5.97 Å². The van der Waals surface area contributed by atoms with Crippen molar-refractivity contribution in [3.8, 4) is 0 Å². The molecule has 2 rings (SSSR count). The van der Waals surface area contributed by atoms with Gasteiger partial charge in [-0.3, -0.25) is 4.79 Å². The topological polar surface area (TPSA) is 59.2 Å². The van der Waals surface area contributed by atoms with Gasteiger partial charge in [-0.2, -0.15) is 0 Å². The molecule has 0 saturated heterocycles. The number of nitrogens with one attached hydrogen (secondary N) is 1. The molecule has 4 heteroatoms. The lowest BCUT2D eigenvalue weighted by Gasteiger charge is -2.30. The summed E-state index contributed by atoms with van der Waals surface area (Å²) in [7, 11) is 0. The third-order valence-electron chi connectivity index (χ3n) is 3.44. The maximum Gasteiger partial charge on any atom is 0.343 e. The average Bonchev–Trinajstić information content (AvgIpc) is 2.27. The molecule has 0 aromatic carbocycles. The lowest BCUT2D eigenvalue weighted by Crippen LogP contribution is -2.29. The Morgan fingerprint density at radius 2 is 2.22 bits per heavy atom. The van der Waals surface area contributed by atoms with Crippen LogP contribution < -0.4 is 5.56 Å². The highest BCUT2D eigenvalue weighted by Gasteiger charge is 2.27. The van der Waals surface area contributed by atoms with Crippen molar-refractivity contribution in [2.75, 3.05) is 6.61 Å². The van der Waals surface area contributed by atoms with E-state index in [-0.39, 0.29) is 23.1 Å². The Hall–Kier alpha value is -1.58. The summed E-state index contributed by atoms with van der Waals surface area (Å²) in [6.45, 7) is 6.39. The number of aromatic nitrogens is 1. The average molecular weight is 249 g/mol. The molecule has 1 aliphatic rings. The summed E-state index contributed by atoms with van der Waals surface area (Å²) in [5.41, 5.74) is 2.02. The number of aromatic amines is 1. The van der Waals surface area contributed by atoms with Gasteiger partial charge in [0, 0.05) is 5.69 Å². The van der Waals surface area contributed by atoms with E-state index in [1.165, 1.54) is 0 Å². The third kappa shape index (κ3) is 2.47. The molecule has 1 N–H and O–H groups in total. The van der Waals surface area contributed by atoms with E-state index in [0.717, 1.165) is 30.5 Å². The number of carbonyl (C=O) groups is 1. The summed E-state index contributed by atoms with van der Waals surface area (Å²) in [6, 6.07) is 1.70. The molecule has 0 atom stereocenters. The van der Waals surface area contributed by atoms with Gasteiger partial charge >= 0.3 is 5.97 Å². The van der Waals surface area contributed by atoms with Crippen LogP contribution in [0.2, 0.25) is 0 Å². The number of fused-ring (bicyclic) bond motifs is 1. The fourth-order valence-corrected chi connectivity index (χ4v) is 2.39. The maximum atomic E-state index is 11.9. The van der Waals surface area contributed by atoms with Crippen molar-refractivity contribution >= 4 is 5.97 Å². The molecule has 1 aromatic heterocycles. The van der Waals surface area contributed by atoms with E-state index in [4.69, 9.17) is 4.74 Å². The molecular weight excluding hydrogens is 230 g/mol. The molecule has 0 fully saturated rings. The van der Waals surface area contributed by atoms with E-state index in [1.54, 1.807) is 13.0 Å². The summed E-state index contributed by atoms with van der Waals surface area (Å²) in [6.07, 6.45) is 2.81. The first-order valence-electron chi connectivity index (χ1n) is 6.35. The van der Waals surface area contributed by atoms with Gasteiger partial charge in [-0.15, -0.1) is 0 Å². The number of hydrogen-bond acceptors (Lipinski definition) is 3. The Morgan fingerprint density at radius 1 is 1.50 bits per heavy atom. The summed E-state index contributed by atoms with van der Waals surface area (Å²) in [5.74, 6) is -0.536. The highest BCUT2D eigenvalue weighted by atomic mass is 16.5. The van der Waals surface area contributed by atoms with Gasteiger partial charge < -0.3 is 9.72 Å². The second-order valence-electron chi connectivity index (χ2n) is 5.58. The van der Waals surface area contributed by atoms with E-state index in [1.807, 2.05) is 0 Å². The minimum absolute atomic E-state index is 0.121. The molecule has 0 unspecified atom stereocenters. The molecule has 98 valence electrons. The second kappa shape index (κ2) is 4.59. The van der Waals surface area contributed by atoms with Crippen LogP contribution >= 0.6 is 0 Å². The summed E-state index contributed by atoms with van der Waals surface area (Å²) >= 11 is 0. The fourth-order valence-electron chi connectivity index (χ4n) is 2.39. The standard InChI is InChI=1S/C14H19NO3/c1-4-18-13(17)10-7-9-5-6-14(2,3)8-11(9)15-12(10)16/h7H,4-6,8H2,1-3H3,(H,15,16). The number of aryl methyl sites for hydroxylation is 1. The van der Waals surface area contributed by atoms with Crippen LogP contribution in [0.1, 0.15) is 48.8 Å². The molecule has 0 amide bonds. The molecule has 0 bridgehead atoms. The van der Waals surface area contributed by atoms with Crippen molar-refractivity contribution < 1.29 is 9.53 Å². The molecule has 0 spiro atoms. The van der Waals surface area contributed by atoms with Crippen LogP contribution in [0.3, 0.4) is 0 Å². The number of hydrogen-bond donors (Lipinski definition) is 1. The Morgan fingerprint density at radius 3 is 2.89 bits per heavy atom. The third-order valence-corrected chi connectivity index (χ3v) is 3.44. The van der Waals surface area contributed by atoms with E-state index in [2.05, 4.69) is 18.8 Å². The van der Waals surface area contributed by atoms with E-state index in [0.29, 0.717) is 0 Å². The van der Waals surface area contributed by atoms with Gasteiger partial charge in [0.2, 0.25) is 0 Å². The number of carbonyl (C=O) groups excluding carboxylic acids is 1. The normalized spacial score (nSPS) is 17.1. The van der Waals surface area contributed by atoms with Crippen LogP contribution in [0.25, 0.3) is 0 Å². The van der Waals surface area contributed by atoms with Crippen LogP contribution in [0, 0.1) is 5.41 Å².